The molecule has 0 heterocycles. The first-order valence-electron chi connectivity index (χ1n) is 7.44. The first-order valence-corrected chi connectivity index (χ1v) is 7.44. The van der Waals surface area contributed by atoms with Crippen LogP contribution < -0.4 is 10.6 Å². The van der Waals surface area contributed by atoms with Crippen molar-refractivity contribution >= 4 is 18.0 Å². The summed E-state index contributed by atoms with van der Waals surface area (Å²) in [6, 6.07) is 7.27. The number of ether oxygens (including phenoxy) is 1. The molecule has 1 aromatic rings. The van der Waals surface area contributed by atoms with Crippen molar-refractivity contribution in [1.82, 2.24) is 10.6 Å². The van der Waals surface area contributed by atoms with E-state index in [-0.39, 0.29) is 6.61 Å². The van der Waals surface area contributed by atoms with Gasteiger partial charge >= 0.3 is 12.1 Å². The quantitative estimate of drug-likeness (QED) is 0.675. The van der Waals surface area contributed by atoms with Gasteiger partial charge in [-0.05, 0) is 18.9 Å². The number of alkyl carbamates (subject to hydrolysis) is 1. The summed E-state index contributed by atoms with van der Waals surface area (Å²) in [7, 11) is 0. The summed E-state index contributed by atoms with van der Waals surface area (Å²) in [6.45, 7) is 3.38. The molecule has 2 unspecified atom stereocenters. The molecular weight excluding hydrogens is 300 g/mol. The first kappa shape index (κ1) is 18.5. The molecule has 23 heavy (non-hydrogen) atoms. The Labute approximate surface area is 135 Å². The van der Waals surface area contributed by atoms with Crippen LogP contribution in [0.2, 0.25) is 0 Å². The number of nitrogens with one attached hydrogen (secondary N) is 2. The van der Waals surface area contributed by atoms with Gasteiger partial charge in [-0.3, -0.25) is 4.79 Å². The highest BCUT2D eigenvalue weighted by Gasteiger charge is 2.23. The number of aliphatic carboxylic acids is 1. The van der Waals surface area contributed by atoms with E-state index in [1.807, 2.05) is 37.3 Å². The predicted molar refractivity (Wildman–Crippen MR) is 83.7 cm³/mol. The summed E-state index contributed by atoms with van der Waals surface area (Å²) in [5.41, 5.74) is 0.827. The van der Waals surface area contributed by atoms with Crippen LogP contribution in [0.15, 0.2) is 30.3 Å². The van der Waals surface area contributed by atoms with Gasteiger partial charge in [0.1, 0.15) is 18.7 Å². The van der Waals surface area contributed by atoms with Gasteiger partial charge in [-0.25, -0.2) is 9.59 Å². The molecule has 3 N–H and O–H groups in total. The highest BCUT2D eigenvalue weighted by atomic mass is 16.5. The summed E-state index contributed by atoms with van der Waals surface area (Å²) >= 11 is 0. The summed E-state index contributed by atoms with van der Waals surface area (Å²) in [5, 5.41) is 13.8. The van der Waals surface area contributed by atoms with Gasteiger partial charge in [0.2, 0.25) is 5.91 Å². The minimum absolute atomic E-state index is 0.0919. The number of amides is 2. The van der Waals surface area contributed by atoms with E-state index in [1.54, 1.807) is 0 Å². The summed E-state index contributed by atoms with van der Waals surface area (Å²) in [6.07, 6.45) is 0.212. The number of rotatable bonds is 8. The molecule has 2 atom stereocenters. The smallest absolute Gasteiger partial charge is 0.408 e. The molecule has 1 rings (SSSR count). The Hall–Kier alpha value is -2.57. The second-order valence-electron chi connectivity index (χ2n) is 5.12. The fourth-order valence-corrected chi connectivity index (χ4v) is 1.85. The molecule has 0 saturated heterocycles. The lowest BCUT2D eigenvalue weighted by Crippen LogP contribution is -2.50. The number of carbonyl (C=O) groups excluding carboxylic acids is 2. The van der Waals surface area contributed by atoms with E-state index >= 15 is 0 Å². The van der Waals surface area contributed by atoms with Gasteiger partial charge in [-0.15, -0.1) is 0 Å². The Morgan fingerprint density at radius 2 is 1.83 bits per heavy atom. The second-order valence-corrected chi connectivity index (χ2v) is 5.12. The molecule has 0 saturated carbocycles. The van der Waals surface area contributed by atoms with Crippen LogP contribution in [-0.2, 0) is 20.9 Å². The van der Waals surface area contributed by atoms with Crippen LogP contribution >= 0.6 is 0 Å². The predicted octanol–water partition coefficient (Wildman–Crippen LogP) is 1.67. The Bertz CT molecular complexity index is 533. The van der Waals surface area contributed by atoms with Crippen LogP contribution in [0.3, 0.4) is 0 Å². The minimum atomic E-state index is -1.10. The molecule has 7 heteroatoms. The van der Waals surface area contributed by atoms with Crippen molar-refractivity contribution in [2.45, 2.75) is 45.4 Å². The zero-order chi connectivity index (χ0) is 17.2. The third-order valence-corrected chi connectivity index (χ3v) is 3.13. The molecule has 126 valence electrons. The molecule has 0 aliphatic rings. The van der Waals surface area contributed by atoms with Gasteiger partial charge in [-0.2, -0.15) is 0 Å². The zero-order valence-electron chi connectivity index (χ0n) is 13.2. The van der Waals surface area contributed by atoms with E-state index < -0.39 is 30.1 Å². The first-order chi connectivity index (χ1) is 10.9. The van der Waals surface area contributed by atoms with E-state index in [4.69, 9.17) is 9.84 Å². The molecule has 0 radical (unpaired) electrons. The second kappa shape index (κ2) is 9.45. The average molecular weight is 322 g/mol. The third-order valence-electron chi connectivity index (χ3n) is 3.13. The van der Waals surface area contributed by atoms with E-state index in [9.17, 15) is 14.4 Å². The van der Waals surface area contributed by atoms with Gasteiger partial charge in [0, 0.05) is 0 Å². The number of carbonyl (C=O) groups is 3. The Balaban J connectivity index is 2.41. The van der Waals surface area contributed by atoms with E-state index in [1.165, 1.54) is 6.92 Å². The lowest BCUT2D eigenvalue weighted by molar-refractivity contribution is -0.142. The molecular formula is C16H22N2O5. The van der Waals surface area contributed by atoms with Crippen molar-refractivity contribution in [2.24, 2.45) is 0 Å². The SMILES string of the molecule is CCCC(NC(=O)C(C)NC(=O)OCc1ccccc1)C(=O)O. The molecule has 0 aliphatic heterocycles. The summed E-state index contributed by atoms with van der Waals surface area (Å²) in [5.74, 6) is -1.67. The zero-order valence-corrected chi connectivity index (χ0v) is 13.2. The van der Waals surface area contributed by atoms with Gasteiger partial charge in [0.05, 0.1) is 0 Å². The standard InChI is InChI=1S/C16H22N2O5/c1-3-7-13(15(20)21)18-14(19)11(2)17-16(22)23-10-12-8-5-4-6-9-12/h4-6,8-9,11,13H,3,7,10H2,1-2H3,(H,17,22)(H,18,19)(H,20,21). The maximum Gasteiger partial charge on any atom is 0.408 e. The largest absolute Gasteiger partial charge is 0.480 e. The third kappa shape index (κ3) is 6.82. The van der Waals surface area contributed by atoms with Crippen molar-refractivity contribution < 1.29 is 24.2 Å². The molecule has 2 amide bonds. The van der Waals surface area contributed by atoms with Crippen LogP contribution in [0.4, 0.5) is 4.79 Å². The maximum absolute atomic E-state index is 11.9. The van der Waals surface area contributed by atoms with Crippen molar-refractivity contribution in [3.63, 3.8) is 0 Å². The number of benzene rings is 1. The molecule has 0 aromatic heterocycles. The molecule has 0 bridgehead atoms. The van der Waals surface area contributed by atoms with Crippen LogP contribution in [0.25, 0.3) is 0 Å². The highest BCUT2D eigenvalue weighted by molar-refractivity contribution is 5.88. The van der Waals surface area contributed by atoms with Crippen LogP contribution in [0, 0.1) is 0 Å². The van der Waals surface area contributed by atoms with Crippen molar-refractivity contribution in [2.75, 3.05) is 0 Å². The Morgan fingerprint density at radius 1 is 1.17 bits per heavy atom. The Kier molecular flexibility index (Phi) is 7.59. The summed E-state index contributed by atoms with van der Waals surface area (Å²) in [4.78, 5) is 34.5. The van der Waals surface area contributed by atoms with Gasteiger partial charge < -0.3 is 20.5 Å². The normalized spacial score (nSPS) is 12.8. The molecule has 0 aliphatic carbocycles. The summed E-state index contributed by atoms with van der Waals surface area (Å²) < 4.78 is 5.00. The van der Waals surface area contributed by atoms with E-state index in [0.717, 1.165) is 5.56 Å². The average Bonchev–Trinajstić information content (AvgIpc) is 2.53. The number of hydrogen-bond donors (Lipinski definition) is 3. The van der Waals surface area contributed by atoms with Crippen molar-refractivity contribution in [3.8, 4) is 0 Å². The fraction of sp³-hybridized carbons (Fsp3) is 0.438. The molecule has 0 fully saturated rings. The van der Waals surface area contributed by atoms with Crippen LogP contribution in [-0.4, -0.2) is 35.2 Å². The number of carboxylic acid groups (broad SMARTS) is 1. The molecule has 1 aromatic carbocycles. The number of carboxylic acids is 1. The lowest BCUT2D eigenvalue weighted by atomic mass is 10.1. The van der Waals surface area contributed by atoms with Crippen LogP contribution in [0.5, 0.6) is 0 Å². The minimum Gasteiger partial charge on any atom is -0.480 e. The molecule has 7 nitrogen and oxygen atoms in total. The van der Waals surface area contributed by atoms with Gasteiger partial charge in [0.25, 0.3) is 0 Å². The number of hydrogen-bond acceptors (Lipinski definition) is 4. The van der Waals surface area contributed by atoms with Crippen molar-refractivity contribution in [1.29, 1.82) is 0 Å². The molecule has 0 spiro atoms. The fourth-order valence-electron chi connectivity index (χ4n) is 1.85. The Morgan fingerprint density at radius 3 is 2.39 bits per heavy atom. The topological polar surface area (TPSA) is 105 Å². The van der Waals surface area contributed by atoms with Gasteiger partial charge in [-0.1, -0.05) is 43.7 Å². The van der Waals surface area contributed by atoms with Crippen molar-refractivity contribution in [3.05, 3.63) is 35.9 Å². The van der Waals surface area contributed by atoms with E-state index in [0.29, 0.717) is 12.8 Å². The highest BCUT2D eigenvalue weighted by Crippen LogP contribution is 2.01. The monoisotopic (exact) mass is 322 g/mol. The van der Waals surface area contributed by atoms with Gasteiger partial charge in [0.15, 0.2) is 0 Å². The van der Waals surface area contributed by atoms with E-state index in [2.05, 4.69) is 10.6 Å². The van der Waals surface area contributed by atoms with Crippen LogP contribution in [0.1, 0.15) is 32.3 Å². The lowest BCUT2D eigenvalue weighted by Gasteiger charge is -2.18. The maximum atomic E-state index is 11.9.